The number of carbonyl (C=O) groups excluding carboxylic acids is 1. The number of amides is 1. The maximum atomic E-state index is 12.2. The average Bonchev–Trinajstić information content (AvgIpc) is 2.70. The zero-order valence-electron chi connectivity index (χ0n) is 9.79. The van der Waals surface area contributed by atoms with Crippen molar-refractivity contribution in [1.82, 2.24) is 10.2 Å². The van der Waals surface area contributed by atoms with E-state index in [1.165, 1.54) is 37.3 Å². The number of halogens is 2. The fourth-order valence-corrected chi connectivity index (χ4v) is 4.76. The van der Waals surface area contributed by atoms with Gasteiger partial charge in [0, 0.05) is 12.6 Å². The van der Waals surface area contributed by atoms with Gasteiger partial charge in [0.15, 0.2) is 0 Å². The minimum atomic E-state index is -0.0329. The molecule has 0 aliphatic carbocycles. The monoisotopic (exact) mass is 348 g/mol. The molecule has 1 atom stereocenters. The molecule has 4 heterocycles. The molecule has 1 N–H and O–H groups in total. The summed E-state index contributed by atoms with van der Waals surface area (Å²) >= 11 is 10.8. The highest BCUT2D eigenvalue weighted by Crippen LogP contribution is 2.32. The zero-order valence-corrected chi connectivity index (χ0v) is 12.9. The third-order valence-corrected chi connectivity index (χ3v) is 5.88. The highest BCUT2D eigenvalue weighted by atomic mass is 79.9. The first-order valence-electron chi connectivity index (χ1n) is 6.11. The Morgan fingerprint density at radius 3 is 2.72 bits per heavy atom. The summed E-state index contributed by atoms with van der Waals surface area (Å²) in [5.41, 5.74) is 0. The molecule has 18 heavy (non-hydrogen) atoms. The van der Waals surface area contributed by atoms with E-state index in [4.69, 9.17) is 11.6 Å². The van der Waals surface area contributed by atoms with Gasteiger partial charge in [0.25, 0.3) is 5.91 Å². The normalized spacial score (nSPS) is 30.4. The number of piperidine rings is 3. The lowest BCUT2D eigenvalue weighted by molar-refractivity contribution is 0.0623. The van der Waals surface area contributed by atoms with Gasteiger partial charge in [-0.2, -0.15) is 0 Å². The molecule has 0 aromatic carbocycles. The van der Waals surface area contributed by atoms with E-state index in [-0.39, 0.29) is 11.9 Å². The average molecular weight is 350 g/mol. The van der Waals surface area contributed by atoms with E-state index >= 15 is 0 Å². The van der Waals surface area contributed by atoms with E-state index in [0.717, 1.165) is 10.3 Å². The minimum Gasteiger partial charge on any atom is -0.347 e. The number of nitrogens with zero attached hydrogens (tertiary/aromatic N) is 1. The van der Waals surface area contributed by atoms with E-state index in [1.807, 2.05) is 0 Å². The number of nitrogens with one attached hydrogen (secondary N) is 1. The molecular formula is C12H14BrClN2OS. The van der Waals surface area contributed by atoms with Crippen LogP contribution in [0.3, 0.4) is 0 Å². The highest BCUT2D eigenvalue weighted by Gasteiger charge is 2.35. The maximum Gasteiger partial charge on any atom is 0.263 e. The van der Waals surface area contributed by atoms with Gasteiger partial charge in [0.05, 0.1) is 8.81 Å². The van der Waals surface area contributed by atoms with Crippen molar-refractivity contribution in [3.63, 3.8) is 0 Å². The van der Waals surface area contributed by atoms with Crippen LogP contribution in [-0.4, -0.2) is 36.5 Å². The lowest BCUT2D eigenvalue weighted by atomic mass is 9.84. The molecule has 4 rings (SSSR count). The van der Waals surface area contributed by atoms with Crippen molar-refractivity contribution in [2.75, 3.05) is 19.6 Å². The van der Waals surface area contributed by atoms with Crippen LogP contribution < -0.4 is 5.32 Å². The number of rotatable bonds is 2. The summed E-state index contributed by atoms with van der Waals surface area (Å²) in [5.74, 6) is 0.607. The number of hydrogen-bond acceptors (Lipinski definition) is 3. The molecule has 0 saturated carbocycles. The van der Waals surface area contributed by atoms with Crippen molar-refractivity contribution < 1.29 is 4.79 Å². The van der Waals surface area contributed by atoms with Crippen LogP contribution in [0.4, 0.5) is 0 Å². The van der Waals surface area contributed by atoms with Gasteiger partial charge in [-0.3, -0.25) is 4.79 Å². The fourth-order valence-electron chi connectivity index (χ4n) is 2.86. The maximum absolute atomic E-state index is 12.2. The van der Waals surface area contributed by atoms with Crippen LogP contribution in [0.25, 0.3) is 0 Å². The van der Waals surface area contributed by atoms with Gasteiger partial charge in [-0.15, -0.1) is 11.3 Å². The smallest absolute Gasteiger partial charge is 0.263 e. The Hall–Kier alpha value is -0.100. The molecule has 3 saturated heterocycles. The molecule has 0 unspecified atom stereocenters. The van der Waals surface area contributed by atoms with Crippen molar-refractivity contribution in [3.8, 4) is 0 Å². The summed E-state index contributed by atoms with van der Waals surface area (Å²) in [6.07, 6.45) is 2.40. The standard InChI is InChI=1S/C12H14BrClN2OS/c13-10-5-8(14)11(18-10)12(17)15-9-6-16-3-1-7(9)2-4-16/h5,7,9H,1-4,6H2,(H,15,17)/t9-/m0/s1. The van der Waals surface area contributed by atoms with E-state index in [0.29, 0.717) is 15.8 Å². The Bertz CT molecular complexity index is 471. The summed E-state index contributed by atoms with van der Waals surface area (Å²) < 4.78 is 0.895. The number of hydrogen-bond donors (Lipinski definition) is 1. The Labute approximate surface area is 124 Å². The van der Waals surface area contributed by atoms with Crippen LogP contribution in [0.1, 0.15) is 22.5 Å². The van der Waals surface area contributed by atoms with Crippen LogP contribution in [0.2, 0.25) is 5.02 Å². The van der Waals surface area contributed by atoms with E-state index in [2.05, 4.69) is 26.1 Å². The Morgan fingerprint density at radius 2 is 2.22 bits per heavy atom. The van der Waals surface area contributed by atoms with E-state index < -0.39 is 0 Å². The number of carbonyl (C=O) groups is 1. The summed E-state index contributed by atoms with van der Waals surface area (Å²) in [5, 5.41) is 3.68. The fraction of sp³-hybridized carbons (Fsp3) is 0.583. The lowest BCUT2D eigenvalue weighted by Gasteiger charge is -2.44. The number of thiophene rings is 1. The molecule has 3 nitrogen and oxygen atoms in total. The van der Waals surface area contributed by atoms with Crippen LogP contribution >= 0.6 is 38.9 Å². The predicted molar refractivity (Wildman–Crippen MR) is 77.4 cm³/mol. The highest BCUT2D eigenvalue weighted by molar-refractivity contribution is 9.11. The van der Waals surface area contributed by atoms with Crippen LogP contribution in [-0.2, 0) is 0 Å². The van der Waals surface area contributed by atoms with E-state index in [1.54, 1.807) is 6.07 Å². The zero-order chi connectivity index (χ0) is 12.7. The van der Waals surface area contributed by atoms with Crippen molar-refractivity contribution in [1.29, 1.82) is 0 Å². The predicted octanol–water partition coefficient (Wildman–Crippen LogP) is 2.99. The molecule has 1 aromatic heterocycles. The number of fused-ring (bicyclic) bond motifs is 3. The molecule has 3 aliphatic rings. The van der Waals surface area contributed by atoms with Crippen molar-refractivity contribution in [3.05, 3.63) is 19.8 Å². The van der Waals surface area contributed by atoms with Gasteiger partial charge in [-0.25, -0.2) is 0 Å². The first-order valence-corrected chi connectivity index (χ1v) is 8.10. The summed E-state index contributed by atoms with van der Waals surface area (Å²) in [4.78, 5) is 15.2. The quantitative estimate of drug-likeness (QED) is 0.890. The summed E-state index contributed by atoms with van der Waals surface area (Å²) in [6.45, 7) is 3.35. The summed E-state index contributed by atoms with van der Waals surface area (Å²) in [7, 11) is 0. The van der Waals surface area contributed by atoms with Gasteiger partial charge in [0.2, 0.25) is 0 Å². The molecule has 1 amide bonds. The Balaban J connectivity index is 1.69. The topological polar surface area (TPSA) is 32.3 Å². The van der Waals surface area contributed by atoms with Gasteiger partial charge < -0.3 is 10.2 Å². The second-order valence-electron chi connectivity index (χ2n) is 4.95. The molecule has 1 aromatic rings. The molecule has 3 fully saturated rings. The molecule has 0 radical (unpaired) electrons. The van der Waals surface area contributed by atoms with Crippen LogP contribution in [0.5, 0.6) is 0 Å². The Kier molecular flexibility index (Phi) is 3.67. The van der Waals surface area contributed by atoms with Crippen molar-refractivity contribution in [2.24, 2.45) is 5.92 Å². The molecule has 98 valence electrons. The van der Waals surface area contributed by atoms with Crippen LogP contribution in [0.15, 0.2) is 9.85 Å². The molecule has 3 aliphatic heterocycles. The molecule has 2 bridgehead atoms. The summed E-state index contributed by atoms with van der Waals surface area (Å²) in [6, 6.07) is 2.06. The second-order valence-corrected chi connectivity index (χ2v) is 7.78. The van der Waals surface area contributed by atoms with Crippen LogP contribution in [0, 0.1) is 5.92 Å². The van der Waals surface area contributed by atoms with Crippen molar-refractivity contribution >= 4 is 44.8 Å². The first-order chi connectivity index (χ1) is 8.63. The Morgan fingerprint density at radius 1 is 1.50 bits per heavy atom. The minimum absolute atomic E-state index is 0.0329. The first kappa shape index (κ1) is 12.9. The molecule has 6 heteroatoms. The van der Waals surface area contributed by atoms with Crippen molar-refractivity contribution in [2.45, 2.75) is 18.9 Å². The van der Waals surface area contributed by atoms with E-state index in [9.17, 15) is 4.79 Å². The molecule has 0 spiro atoms. The lowest BCUT2D eigenvalue weighted by Crippen LogP contribution is -2.57. The third kappa shape index (κ3) is 2.46. The van der Waals surface area contributed by atoms with Gasteiger partial charge >= 0.3 is 0 Å². The SMILES string of the molecule is O=C(N[C@H]1CN2CCC1CC2)c1sc(Br)cc1Cl. The molecular weight excluding hydrogens is 336 g/mol. The largest absolute Gasteiger partial charge is 0.347 e. The van der Waals surface area contributed by atoms with Gasteiger partial charge in [0.1, 0.15) is 4.88 Å². The van der Waals surface area contributed by atoms with Gasteiger partial charge in [-0.1, -0.05) is 11.6 Å². The third-order valence-electron chi connectivity index (χ3n) is 3.84. The van der Waals surface area contributed by atoms with Gasteiger partial charge in [-0.05, 0) is 53.8 Å². The second kappa shape index (κ2) is 5.12.